The van der Waals surface area contributed by atoms with Crippen LogP contribution in [-0.2, 0) is 6.54 Å². The molecule has 2 heterocycles. The van der Waals surface area contributed by atoms with Crippen LogP contribution >= 0.6 is 0 Å². The van der Waals surface area contributed by atoms with Crippen LogP contribution in [0.25, 0.3) is 11.2 Å². The molecule has 34 heavy (non-hydrogen) atoms. The number of nitrogens with zero attached hydrogens (tertiary/aromatic N) is 4. The van der Waals surface area contributed by atoms with E-state index in [1.807, 2.05) is 6.92 Å². The Kier molecular flexibility index (Phi) is 8.06. The van der Waals surface area contributed by atoms with E-state index in [0.29, 0.717) is 49.4 Å². The number of nitrogens with two attached hydrogens (primary N) is 1. The van der Waals surface area contributed by atoms with Gasteiger partial charge in [-0.1, -0.05) is 19.4 Å². The smallest absolute Gasteiger partial charge is 0.335 e. The fraction of sp³-hybridized carbons (Fsp3) is 0.409. The summed E-state index contributed by atoms with van der Waals surface area (Å²) in [4.78, 5) is 48.3. The number of nitrogen functional groups attached to an aromatic ring is 1. The van der Waals surface area contributed by atoms with E-state index in [1.54, 1.807) is 19.2 Å². The van der Waals surface area contributed by atoms with Crippen LogP contribution in [0.4, 0.5) is 16.3 Å². The third-order valence-corrected chi connectivity index (χ3v) is 5.23. The maximum Gasteiger partial charge on any atom is 0.335 e. The third-order valence-electron chi connectivity index (χ3n) is 5.23. The van der Waals surface area contributed by atoms with Gasteiger partial charge < -0.3 is 25.9 Å². The van der Waals surface area contributed by atoms with E-state index in [1.165, 1.54) is 21.6 Å². The van der Waals surface area contributed by atoms with Crippen LogP contribution in [0.15, 0.2) is 29.1 Å². The van der Waals surface area contributed by atoms with Gasteiger partial charge in [0.25, 0.3) is 0 Å². The maximum absolute atomic E-state index is 12.4. The molecule has 0 aliphatic heterocycles. The molecule has 182 valence electrons. The van der Waals surface area contributed by atoms with Gasteiger partial charge in [-0.3, -0.25) is 9.47 Å². The second kappa shape index (κ2) is 11.2. The summed E-state index contributed by atoms with van der Waals surface area (Å²) in [5.41, 5.74) is 6.93. The fourth-order valence-electron chi connectivity index (χ4n) is 3.28. The van der Waals surface area contributed by atoms with Crippen molar-refractivity contribution in [2.75, 3.05) is 30.8 Å². The topological polar surface area (TPSA) is 168 Å². The lowest BCUT2D eigenvalue weighted by molar-refractivity contribution is 0.0697. The number of rotatable bonds is 11. The SMILES string of the molecule is CCCCOc1nc(N)c2[nH]c(=O)n(CCCCNC(=O)N(C)c3cccc(C(=O)O)c3)c2n1. The predicted octanol–water partition coefficient (Wildman–Crippen LogP) is 2.21. The fourth-order valence-corrected chi connectivity index (χ4v) is 3.28. The van der Waals surface area contributed by atoms with Crippen molar-refractivity contribution < 1.29 is 19.4 Å². The summed E-state index contributed by atoms with van der Waals surface area (Å²) in [6, 6.07) is 5.90. The Morgan fingerprint density at radius 3 is 2.79 bits per heavy atom. The second-order valence-corrected chi connectivity index (χ2v) is 7.73. The maximum atomic E-state index is 12.4. The summed E-state index contributed by atoms with van der Waals surface area (Å²) in [6.45, 7) is 3.26. The van der Waals surface area contributed by atoms with E-state index >= 15 is 0 Å². The molecule has 0 saturated heterocycles. The van der Waals surface area contributed by atoms with Crippen molar-refractivity contribution >= 4 is 34.7 Å². The van der Waals surface area contributed by atoms with Crippen molar-refractivity contribution in [3.63, 3.8) is 0 Å². The summed E-state index contributed by atoms with van der Waals surface area (Å²) in [5.74, 6) is -0.913. The number of imidazole rings is 1. The molecular weight excluding hydrogens is 442 g/mol. The minimum absolute atomic E-state index is 0.102. The van der Waals surface area contributed by atoms with Crippen LogP contribution in [0.1, 0.15) is 43.0 Å². The number of aromatic amines is 1. The molecule has 2 amide bonds. The number of ether oxygens (including phenoxy) is 1. The molecule has 0 aliphatic rings. The molecule has 0 aliphatic carbocycles. The van der Waals surface area contributed by atoms with E-state index in [0.717, 1.165) is 12.8 Å². The molecule has 2 aromatic heterocycles. The highest BCUT2D eigenvalue weighted by atomic mass is 16.5. The molecule has 12 heteroatoms. The third kappa shape index (κ3) is 5.82. The minimum Gasteiger partial charge on any atom is -0.478 e. The molecule has 0 atom stereocenters. The number of hydrogen-bond donors (Lipinski definition) is 4. The van der Waals surface area contributed by atoms with Crippen LogP contribution < -0.4 is 26.4 Å². The first-order valence-corrected chi connectivity index (χ1v) is 11.1. The number of carboxylic acid groups (broad SMARTS) is 1. The second-order valence-electron chi connectivity index (χ2n) is 7.73. The van der Waals surface area contributed by atoms with E-state index < -0.39 is 5.97 Å². The molecule has 5 N–H and O–H groups in total. The number of carbonyl (C=O) groups is 2. The number of urea groups is 1. The Morgan fingerprint density at radius 2 is 2.06 bits per heavy atom. The van der Waals surface area contributed by atoms with Gasteiger partial charge in [-0.2, -0.15) is 9.97 Å². The number of aromatic nitrogens is 4. The number of carboxylic acids is 1. The zero-order valence-corrected chi connectivity index (χ0v) is 19.2. The number of fused-ring (bicyclic) bond motifs is 1. The van der Waals surface area contributed by atoms with Gasteiger partial charge in [0.1, 0.15) is 5.52 Å². The average Bonchev–Trinajstić information content (AvgIpc) is 3.14. The lowest BCUT2D eigenvalue weighted by Crippen LogP contribution is -2.37. The number of aryl methyl sites for hydroxylation is 1. The van der Waals surface area contributed by atoms with Crippen LogP contribution in [0, 0.1) is 0 Å². The molecule has 0 unspecified atom stereocenters. The molecular formula is C22H29N7O5. The van der Waals surface area contributed by atoms with Gasteiger partial charge in [0.2, 0.25) is 0 Å². The summed E-state index contributed by atoms with van der Waals surface area (Å²) in [7, 11) is 1.56. The van der Waals surface area contributed by atoms with Crippen molar-refractivity contribution in [1.29, 1.82) is 0 Å². The van der Waals surface area contributed by atoms with Crippen LogP contribution in [0.5, 0.6) is 6.01 Å². The van der Waals surface area contributed by atoms with Gasteiger partial charge in [0, 0.05) is 25.8 Å². The van der Waals surface area contributed by atoms with Crippen LogP contribution in [0.3, 0.4) is 0 Å². The average molecular weight is 472 g/mol. The van der Waals surface area contributed by atoms with Crippen molar-refractivity contribution in [2.24, 2.45) is 0 Å². The first-order chi connectivity index (χ1) is 16.3. The number of aromatic carboxylic acids is 1. The Hall–Kier alpha value is -4.09. The summed E-state index contributed by atoms with van der Waals surface area (Å²) in [6.07, 6.45) is 3.02. The Balaban J connectivity index is 1.55. The molecule has 0 saturated carbocycles. The Labute approximate surface area is 195 Å². The molecule has 0 fully saturated rings. The van der Waals surface area contributed by atoms with Gasteiger partial charge in [-0.15, -0.1) is 0 Å². The van der Waals surface area contributed by atoms with Crippen LogP contribution in [-0.4, -0.2) is 56.8 Å². The molecule has 3 rings (SSSR count). The van der Waals surface area contributed by atoms with E-state index in [-0.39, 0.29) is 29.1 Å². The lowest BCUT2D eigenvalue weighted by Gasteiger charge is -2.18. The van der Waals surface area contributed by atoms with Crippen molar-refractivity contribution in [3.8, 4) is 6.01 Å². The van der Waals surface area contributed by atoms with Crippen molar-refractivity contribution in [2.45, 2.75) is 39.2 Å². The van der Waals surface area contributed by atoms with Crippen molar-refractivity contribution in [1.82, 2.24) is 24.8 Å². The normalized spacial score (nSPS) is 10.9. The molecule has 1 aromatic carbocycles. The summed E-state index contributed by atoms with van der Waals surface area (Å²) < 4.78 is 7.01. The number of unbranched alkanes of at least 4 members (excludes halogenated alkanes) is 2. The lowest BCUT2D eigenvalue weighted by atomic mass is 10.2. The number of hydrogen-bond acceptors (Lipinski definition) is 7. The Morgan fingerprint density at radius 1 is 1.26 bits per heavy atom. The van der Waals surface area contributed by atoms with Gasteiger partial charge in [0.15, 0.2) is 11.5 Å². The molecule has 0 radical (unpaired) electrons. The van der Waals surface area contributed by atoms with Gasteiger partial charge in [-0.05, 0) is 37.5 Å². The quantitative estimate of drug-likeness (QED) is 0.309. The van der Waals surface area contributed by atoms with Gasteiger partial charge >= 0.3 is 23.7 Å². The number of nitrogens with one attached hydrogen (secondary N) is 2. The number of H-pyrrole nitrogens is 1. The van der Waals surface area contributed by atoms with E-state index in [9.17, 15) is 14.4 Å². The Bertz CT molecular complexity index is 1220. The number of anilines is 2. The highest BCUT2D eigenvalue weighted by Crippen LogP contribution is 2.18. The molecule has 0 spiro atoms. The number of benzene rings is 1. The largest absolute Gasteiger partial charge is 0.478 e. The van der Waals surface area contributed by atoms with E-state index in [4.69, 9.17) is 15.6 Å². The minimum atomic E-state index is -1.06. The van der Waals surface area contributed by atoms with Crippen LogP contribution in [0.2, 0.25) is 0 Å². The number of carbonyl (C=O) groups excluding carboxylic acids is 1. The van der Waals surface area contributed by atoms with E-state index in [2.05, 4.69) is 20.3 Å². The first-order valence-electron chi connectivity index (χ1n) is 11.1. The van der Waals surface area contributed by atoms with Gasteiger partial charge in [-0.25, -0.2) is 14.4 Å². The molecule has 12 nitrogen and oxygen atoms in total. The zero-order valence-electron chi connectivity index (χ0n) is 19.2. The van der Waals surface area contributed by atoms with Gasteiger partial charge in [0.05, 0.1) is 12.2 Å². The monoisotopic (exact) mass is 471 g/mol. The molecule has 3 aromatic rings. The van der Waals surface area contributed by atoms with Crippen molar-refractivity contribution in [3.05, 3.63) is 40.3 Å². The highest BCUT2D eigenvalue weighted by molar-refractivity contribution is 5.94. The standard InChI is InChI=1S/C22H29N7O5/c1-3-4-12-34-20-26-17(23)16-18(27-20)29(22(33)25-16)11-6-5-10-24-21(32)28(2)15-9-7-8-14(13-15)19(30)31/h7-9,13H,3-6,10-12H2,1-2H3,(H,24,32)(H,25,33)(H,30,31)(H2,23,26,27). The number of amides is 2. The molecule has 0 bridgehead atoms. The zero-order chi connectivity index (χ0) is 24.7. The summed E-state index contributed by atoms with van der Waals surface area (Å²) in [5, 5.41) is 11.9. The predicted molar refractivity (Wildman–Crippen MR) is 127 cm³/mol. The summed E-state index contributed by atoms with van der Waals surface area (Å²) >= 11 is 0. The first kappa shape index (κ1) is 24.6. The highest BCUT2D eigenvalue weighted by Gasteiger charge is 2.15.